The Labute approximate surface area is 137 Å². The lowest BCUT2D eigenvalue weighted by Gasteiger charge is -2.14. The van der Waals surface area contributed by atoms with Crippen LogP contribution in [0.2, 0.25) is 0 Å². The van der Waals surface area contributed by atoms with Crippen molar-refractivity contribution in [3.8, 4) is 0 Å². The molecule has 0 heterocycles. The average molecular weight is 331 g/mol. The summed E-state index contributed by atoms with van der Waals surface area (Å²) in [5.74, 6) is -1.07. The van der Waals surface area contributed by atoms with Crippen LogP contribution in [-0.4, -0.2) is 20.1 Å². The molecule has 0 aliphatic carbocycles. The predicted octanol–water partition coefficient (Wildman–Crippen LogP) is 3.22. The highest BCUT2D eigenvalue weighted by Gasteiger charge is 2.20. The number of benzene rings is 2. The van der Waals surface area contributed by atoms with Crippen LogP contribution in [0.25, 0.3) is 0 Å². The molecule has 2 aromatic rings. The van der Waals surface area contributed by atoms with Crippen LogP contribution in [0.5, 0.6) is 0 Å². The summed E-state index contributed by atoms with van der Waals surface area (Å²) in [6.45, 7) is 4.01. The number of hydrogen-bond acceptors (Lipinski definition) is 3. The highest BCUT2D eigenvalue weighted by atomic mass is 32.2. The second kappa shape index (κ2) is 7.42. The normalized spacial score (nSPS) is 11.2. The summed E-state index contributed by atoms with van der Waals surface area (Å²) in [6.07, 6.45) is 1.55. The zero-order valence-corrected chi connectivity index (χ0v) is 14.2. The van der Waals surface area contributed by atoms with Gasteiger partial charge >= 0.3 is 0 Å². The Kier molecular flexibility index (Phi) is 5.55. The number of sulfone groups is 1. The molecule has 2 aromatic carbocycles. The quantitative estimate of drug-likeness (QED) is 0.884. The summed E-state index contributed by atoms with van der Waals surface area (Å²) in [5.41, 5.74) is 2.76. The molecule has 0 aliphatic heterocycles. The topological polar surface area (TPSA) is 63.2 Å². The Morgan fingerprint density at radius 2 is 1.48 bits per heavy atom. The molecule has 0 fully saturated rings. The Hall–Kier alpha value is -2.14. The van der Waals surface area contributed by atoms with E-state index in [2.05, 4.69) is 5.32 Å². The van der Waals surface area contributed by atoms with Gasteiger partial charge in [-0.1, -0.05) is 50.2 Å². The lowest BCUT2D eigenvalue weighted by atomic mass is 10.0. The lowest BCUT2D eigenvalue weighted by Crippen LogP contribution is -2.24. The second-order valence-corrected chi connectivity index (χ2v) is 7.27. The molecule has 122 valence electrons. The van der Waals surface area contributed by atoms with E-state index >= 15 is 0 Å². The summed E-state index contributed by atoms with van der Waals surface area (Å²) >= 11 is 0. The molecule has 1 N–H and O–H groups in total. The first kappa shape index (κ1) is 17.2. The SMILES string of the molecule is CCc1cccc(CC)c1NC(=O)CS(=O)(=O)c1ccccc1. The molecule has 5 heteroatoms. The molecule has 4 nitrogen and oxygen atoms in total. The van der Waals surface area contributed by atoms with E-state index in [9.17, 15) is 13.2 Å². The minimum atomic E-state index is -3.63. The number of amides is 1. The molecule has 0 aromatic heterocycles. The van der Waals surface area contributed by atoms with E-state index in [4.69, 9.17) is 0 Å². The number of anilines is 1. The fraction of sp³-hybridized carbons (Fsp3) is 0.278. The van der Waals surface area contributed by atoms with Crippen LogP contribution in [0.15, 0.2) is 53.4 Å². The third-order valence-electron chi connectivity index (χ3n) is 3.69. The number of rotatable bonds is 6. The van der Waals surface area contributed by atoms with Gasteiger partial charge in [0.05, 0.1) is 4.90 Å². The lowest BCUT2D eigenvalue weighted by molar-refractivity contribution is -0.113. The first-order valence-corrected chi connectivity index (χ1v) is 9.31. The van der Waals surface area contributed by atoms with Crippen LogP contribution in [0, 0.1) is 0 Å². The van der Waals surface area contributed by atoms with Gasteiger partial charge in [0, 0.05) is 5.69 Å². The van der Waals surface area contributed by atoms with Gasteiger partial charge in [-0.3, -0.25) is 4.79 Å². The highest BCUT2D eigenvalue weighted by Crippen LogP contribution is 2.23. The Morgan fingerprint density at radius 1 is 0.913 bits per heavy atom. The van der Waals surface area contributed by atoms with Crippen molar-refractivity contribution in [2.75, 3.05) is 11.1 Å². The van der Waals surface area contributed by atoms with Crippen molar-refractivity contribution in [3.05, 3.63) is 59.7 Å². The minimum absolute atomic E-state index is 0.162. The Balaban J connectivity index is 2.21. The first-order valence-electron chi connectivity index (χ1n) is 7.66. The van der Waals surface area contributed by atoms with Crippen molar-refractivity contribution in [2.45, 2.75) is 31.6 Å². The van der Waals surface area contributed by atoms with Crippen LogP contribution in [0.4, 0.5) is 5.69 Å². The molecule has 0 atom stereocenters. The molecule has 0 bridgehead atoms. The monoisotopic (exact) mass is 331 g/mol. The molecule has 1 amide bonds. The van der Waals surface area contributed by atoms with Gasteiger partial charge in [-0.05, 0) is 36.1 Å². The van der Waals surface area contributed by atoms with Crippen molar-refractivity contribution in [2.24, 2.45) is 0 Å². The van der Waals surface area contributed by atoms with Gasteiger partial charge < -0.3 is 5.32 Å². The van der Waals surface area contributed by atoms with Crippen LogP contribution in [-0.2, 0) is 27.5 Å². The zero-order valence-electron chi connectivity index (χ0n) is 13.4. The molecule has 2 rings (SSSR count). The molecule has 0 saturated carbocycles. The smallest absolute Gasteiger partial charge is 0.239 e. The summed E-state index contributed by atoms with van der Waals surface area (Å²) in [5, 5.41) is 2.79. The van der Waals surface area contributed by atoms with Crippen molar-refractivity contribution >= 4 is 21.4 Å². The van der Waals surface area contributed by atoms with Gasteiger partial charge in [-0.15, -0.1) is 0 Å². The number of para-hydroxylation sites is 1. The molecular formula is C18H21NO3S. The van der Waals surface area contributed by atoms with Gasteiger partial charge in [-0.2, -0.15) is 0 Å². The summed E-state index contributed by atoms with van der Waals surface area (Å²) in [6, 6.07) is 13.9. The van der Waals surface area contributed by atoms with E-state index in [1.165, 1.54) is 12.1 Å². The van der Waals surface area contributed by atoms with Crippen LogP contribution >= 0.6 is 0 Å². The third kappa shape index (κ3) is 4.20. The summed E-state index contributed by atoms with van der Waals surface area (Å²) < 4.78 is 24.6. The van der Waals surface area contributed by atoms with E-state index in [1.807, 2.05) is 32.0 Å². The largest absolute Gasteiger partial charge is 0.325 e. The molecule has 0 unspecified atom stereocenters. The van der Waals surface area contributed by atoms with Crippen molar-refractivity contribution in [1.82, 2.24) is 0 Å². The fourth-order valence-corrected chi connectivity index (χ4v) is 3.62. The van der Waals surface area contributed by atoms with E-state index in [-0.39, 0.29) is 4.90 Å². The van der Waals surface area contributed by atoms with Gasteiger partial charge in [0.1, 0.15) is 5.75 Å². The highest BCUT2D eigenvalue weighted by molar-refractivity contribution is 7.92. The Morgan fingerprint density at radius 3 is 2.00 bits per heavy atom. The minimum Gasteiger partial charge on any atom is -0.325 e. The third-order valence-corrected chi connectivity index (χ3v) is 5.32. The molecule has 0 radical (unpaired) electrons. The van der Waals surface area contributed by atoms with Gasteiger partial charge in [0.15, 0.2) is 9.84 Å². The fourth-order valence-electron chi connectivity index (χ4n) is 2.46. The average Bonchev–Trinajstić information content (AvgIpc) is 2.55. The van der Waals surface area contributed by atoms with E-state index in [0.717, 1.165) is 29.7 Å². The predicted molar refractivity (Wildman–Crippen MR) is 92.3 cm³/mol. The zero-order chi connectivity index (χ0) is 16.9. The maximum Gasteiger partial charge on any atom is 0.239 e. The Bertz CT molecular complexity index is 761. The van der Waals surface area contributed by atoms with E-state index < -0.39 is 21.5 Å². The molecule has 0 saturated heterocycles. The summed E-state index contributed by atoms with van der Waals surface area (Å²) in [7, 11) is -3.63. The standard InChI is InChI=1S/C18H21NO3S/c1-3-14-9-8-10-15(4-2)18(14)19-17(20)13-23(21,22)16-11-6-5-7-12-16/h5-12H,3-4,13H2,1-2H3,(H,19,20). The maximum atomic E-state index is 12.3. The van der Waals surface area contributed by atoms with Gasteiger partial charge in [-0.25, -0.2) is 8.42 Å². The number of nitrogens with one attached hydrogen (secondary N) is 1. The van der Waals surface area contributed by atoms with Crippen LogP contribution < -0.4 is 5.32 Å². The number of carbonyl (C=O) groups is 1. The van der Waals surface area contributed by atoms with E-state index in [0.29, 0.717) is 0 Å². The first-order chi connectivity index (χ1) is 11.0. The molecule has 23 heavy (non-hydrogen) atoms. The van der Waals surface area contributed by atoms with Crippen molar-refractivity contribution < 1.29 is 13.2 Å². The van der Waals surface area contributed by atoms with Gasteiger partial charge in [0.25, 0.3) is 0 Å². The second-order valence-electron chi connectivity index (χ2n) is 5.28. The number of hydrogen-bond donors (Lipinski definition) is 1. The van der Waals surface area contributed by atoms with E-state index in [1.54, 1.807) is 18.2 Å². The van der Waals surface area contributed by atoms with Crippen LogP contribution in [0.1, 0.15) is 25.0 Å². The van der Waals surface area contributed by atoms with Crippen molar-refractivity contribution in [3.63, 3.8) is 0 Å². The van der Waals surface area contributed by atoms with Crippen LogP contribution in [0.3, 0.4) is 0 Å². The maximum absolute atomic E-state index is 12.3. The molecular weight excluding hydrogens is 310 g/mol. The van der Waals surface area contributed by atoms with Crippen molar-refractivity contribution in [1.29, 1.82) is 0 Å². The number of carbonyl (C=O) groups excluding carboxylic acids is 1. The summed E-state index contributed by atoms with van der Waals surface area (Å²) in [4.78, 5) is 12.4. The number of aryl methyl sites for hydroxylation is 2. The molecule has 0 aliphatic rings. The molecule has 0 spiro atoms. The van der Waals surface area contributed by atoms with Gasteiger partial charge in [0.2, 0.25) is 5.91 Å².